The second-order valence-electron chi connectivity index (χ2n) is 6.01. The summed E-state index contributed by atoms with van der Waals surface area (Å²) in [4.78, 5) is 12.5. The second kappa shape index (κ2) is 8.18. The van der Waals surface area contributed by atoms with Gasteiger partial charge in [-0.15, -0.1) is 10.2 Å². The summed E-state index contributed by atoms with van der Waals surface area (Å²) in [5, 5.41) is 12.1. The van der Waals surface area contributed by atoms with Crippen molar-refractivity contribution in [2.75, 3.05) is 11.1 Å². The van der Waals surface area contributed by atoms with Crippen LogP contribution in [0.5, 0.6) is 0 Å². The van der Waals surface area contributed by atoms with E-state index in [0.717, 1.165) is 17.7 Å². The molecule has 0 saturated carbocycles. The van der Waals surface area contributed by atoms with Crippen LogP contribution in [0.3, 0.4) is 0 Å². The lowest BCUT2D eigenvalue weighted by molar-refractivity contribution is -0.113. The van der Waals surface area contributed by atoms with Gasteiger partial charge in [0.05, 0.1) is 12.0 Å². The number of nitrogens with one attached hydrogen (secondary N) is 1. The standard InChI is InChI=1S/C20H19N5O2S/c1-2-15-8-3-4-9-16(15)21-18(26)14-28-20-23-22-19(17-10-7-13-27-17)25(20)24-11-5-6-12-24/h3-13H,2,14H2,1H3,(H,21,26). The molecule has 0 aliphatic rings. The molecule has 0 unspecified atom stereocenters. The molecule has 0 radical (unpaired) electrons. The first-order chi connectivity index (χ1) is 13.8. The van der Waals surface area contributed by atoms with E-state index in [-0.39, 0.29) is 11.7 Å². The van der Waals surface area contributed by atoms with Crippen LogP contribution in [0.1, 0.15) is 12.5 Å². The van der Waals surface area contributed by atoms with E-state index in [4.69, 9.17) is 4.42 Å². The fourth-order valence-corrected chi connectivity index (χ4v) is 3.58. The minimum Gasteiger partial charge on any atom is -0.461 e. The van der Waals surface area contributed by atoms with Crippen molar-refractivity contribution >= 4 is 23.4 Å². The van der Waals surface area contributed by atoms with E-state index < -0.39 is 0 Å². The van der Waals surface area contributed by atoms with Crippen LogP contribution >= 0.6 is 11.8 Å². The van der Waals surface area contributed by atoms with Gasteiger partial charge < -0.3 is 9.73 Å². The molecular formula is C20H19N5O2S. The summed E-state index contributed by atoms with van der Waals surface area (Å²) in [5.41, 5.74) is 1.95. The van der Waals surface area contributed by atoms with Crippen LogP contribution in [-0.4, -0.2) is 31.2 Å². The predicted molar refractivity (Wildman–Crippen MR) is 108 cm³/mol. The molecule has 1 amide bonds. The van der Waals surface area contributed by atoms with Gasteiger partial charge >= 0.3 is 0 Å². The van der Waals surface area contributed by atoms with Crippen LogP contribution in [0.2, 0.25) is 0 Å². The van der Waals surface area contributed by atoms with E-state index in [9.17, 15) is 4.79 Å². The highest BCUT2D eigenvalue weighted by atomic mass is 32.2. The fraction of sp³-hybridized carbons (Fsp3) is 0.150. The Morgan fingerprint density at radius 3 is 2.68 bits per heavy atom. The molecule has 8 heteroatoms. The molecule has 28 heavy (non-hydrogen) atoms. The predicted octanol–water partition coefficient (Wildman–Crippen LogP) is 3.94. The van der Waals surface area contributed by atoms with Crippen molar-refractivity contribution in [1.82, 2.24) is 19.5 Å². The Balaban J connectivity index is 1.53. The van der Waals surface area contributed by atoms with Gasteiger partial charge in [-0.05, 0) is 42.3 Å². The summed E-state index contributed by atoms with van der Waals surface area (Å²) in [6.07, 6.45) is 6.22. The average molecular weight is 393 g/mol. The Kier molecular flexibility index (Phi) is 5.29. The molecule has 1 aromatic carbocycles. The zero-order valence-corrected chi connectivity index (χ0v) is 16.1. The van der Waals surface area contributed by atoms with Crippen molar-refractivity contribution in [2.24, 2.45) is 0 Å². The van der Waals surface area contributed by atoms with Crippen LogP contribution in [0.4, 0.5) is 5.69 Å². The number of carbonyl (C=O) groups excluding carboxylic acids is 1. The number of benzene rings is 1. The number of hydrogen-bond donors (Lipinski definition) is 1. The average Bonchev–Trinajstić information content (AvgIpc) is 3.47. The summed E-state index contributed by atoms with van der Waals surface area (Å²) < 4.78 is 9.14. The van der Waals surface area contributed by atoms with Gasteiger partial charge in [-0.3, -0.25) is 9.47 Å². The molecule has 0 saturated heterocycles. The molecule has 3 aromatic heterocycles. The van der Waals surface area contributed by atoms with Crippen molar-refractivity contribution in [1.29, 1.82) is 0 Å². The number of anilines is 1. The van der Waals surface area contributed by atoms with Crippen molar-refractivity contribution in [3.8, 4) is 11.6 Å². The third-order valence-corrected chi connectivity index (χ3v) is 5.10. The normalized spacial score (nSPS) is 10.9. The highest BCUT2D eigenvalue weighted by Gasteiger charge is 2.18. The number of amides is 1. The van der Waals surface area contributed by atoms with Gasteiger partial charge in [-0.1, -0.05) is 36.9 Å². The SMILES string of the molecule is CCc1ccccc1NC(=O)CSc1nnc(-c2ccco2)n1-n1cccc1. The second-order valence-corrected chi connectivity index (χ2v) is 6.95. The number of rotatable bonds is 7. The number of hydrogen-bond acceptors (Lipinski definition) is 5. The summed E-state index contributed by atoms with van der Waals surface area (Å²) in [7, 11) is 0. The molecule has 7 nitrogen and oxygen atoms in total. The number of aromatic nitrogens is 4. The van der Waals surface area contributed by atoms with Gasteiger partial charge in [0.2, 0.25) is 16.9 Å². The number of aryl methyl sites for hydroxylation is 1. The van der Waals surface area contributed by atoms with E-state index in [1.165, 1.54) is 11.8 Å². The largest absolute Gasteiger partial charge is 0.461 e. The molecule has 0 fully saturated rings. The summed E-state index contributed by atoms with van der Waals surface area (Å²) in [6.45, 7) is 2.06. The highest BCUT2D eigenvalue weighted by molar-refractivity contribution is 7.99. The minimum atomic E-state index is -0.0903. The Morgan fingerprint density at radius 1 is 1.11 bits per heavy atom. The van der Waals surface area contributed by atoms with E-state index in [1.54, 1.807) is 12.3 Å². The van der Waals surface area contributed by atoms with Crippen LogP contribution in [-0.2, 0) is 11.2 Å². The van der Waals surface area contributed by atoms with Gasteiger partial charge in [-0.2, -0.15) is 0 Å². The first-order valence-corrected chi connectivity index (χ1v) is 9.88. The molecule has 4 rings (SSSR count). The molecule has 3 heterocycles. The molecule has 0 aliphatic carbocycles. The Labute approximate surface area is 166 Å². The van der Waals surface area contributed by atoms with Gasteiger partial charge in [0, 0.05) is 18.1 Å². The van der Waals surface area contributed by atoms with Crippen molar-refractivity contribution < 1.29 is 9.21 Å². The fourth-order valence-electron chi connectivity index (χ4n) is 2.85. The third kappa shape index (κ3) is 3.72. The monoisotopic (exact) mass is 393 g/mol. The number of nitrogens with zero attached hydrogens (tertiary/aromatic N) is 4. The van der Waals surface area contributed by atoms with Gasteiger partial charge in [0.15, 0.2) is 5.76 Å². The van der Waals surface area contributed by atoms with Crippen molar-refractivity contribution in [2.45, 2.75) is 18.5 Å². The molecule has 0 bridgehead atoms. The molecule has 1 N–H and O–H groups in total. The van der Waals surface area contributed by atoms with Crippen molar-refractivity contribution in [3.05, 3.63) is 72.8 Å². The Bertz CT molecular complexity index is 1050. The van der Waals surface area contributed by atoms with Crippen LogP contribution in [0, 0.1) is 0 Å². The summed E-state index contributed by atoms with van der Waals surface area (Å²) >= 11 is 1.32. The zero-order chi connectivity index (χ0) is 19.3. The first kappa shape index (κ1) is 18.1. The number of thioether (sulfide) groups is 1. The lowest BCUT2D eigenvalue weighted by atomic mass is 10.1. The van der Waals surface area contributed by atoms with Crippen LogP contribution in [0.15, 0.2) is 76.8 Å². The maximum atomic E-state index is 12.5. The molecule has 4 aromatic rings. The number of furan rings is 1. The maximum absolute atomic E-state index is 12.5. The van der Waals surface area contributed by atoms with Crippen LogP contribution < -0.4 is 5.32 Å². The molecular weight excluding hydrogens is 374 g/mol. The van der Waals surface area contributed by atoms with Gasteiger partial charge in [0.1, 0.15) is 0 Å². The van der Waals surface area contributed by atoms with E-state index in [1.807, 2.05) is 64.2 Å². The lowest BCUT2D eigenvalue weighted by Crippen LogP contribution is -2.16. The Hall–Kier alpha value is -3.26. The maximum Gasteiger partial charge on any atom is 0.234 e. The van der Waals surface area contributed by atoms with Gasteiger partial charge in [0.25, 0.3) is 0 Å². The quantitative estimate of drug-likeness (QED) is 0.481. The number of carbonyl (C=O) groups is 1. The lowest BCUT2D eigenvalue weighted by Gasteiger charge is -2.11. The van der Waals surface area contributed by atoms with Crippen molar-refractivity contribution in [3.63, 3.8) is 0 Å². The smallest absolute Gasteiger partial charge is 0.234 e. The highest BCUT2D eigenvalue weighted by Crippen LogP contribution is 2.25. The zero-order valence-electron chi connectivity index (χ0n) is 15.3. The van der Waals surface area contributed by atoms with E-state index in [0.29, 0.717) is 16.7 Å². The summed E-state index contributed by atoms with van der Waals surface area (Å²) in [6, 6.07) is 15.3. The molecule has 142 valence electrons. The molecule has 0 spiro atoms. The minimum absolute atomic E-state index is 0.0903. The third-order valence-electron chi connectivity index (χ3n) is 4.18. The topological polar surface area (TPSA) is 77.9 Å². The molecule has 0 aliphatic heterocycles. The van der Waals surface area contributed by atoms with Gasteiger partial charge in [-0.25, -0.2) is 4.68 Å². The Morgan fingerprint density at radius 2 is 1.93 bits per heavy atom. The van der Waals surface area contributed by atoms with E-state index in [2.05, 4.69) is 22.4 Å². The number of para-hydroxylation sites is 1. The van der Waals surface area contributed by atoms with E-state index >= 15 is 0 Å². The summed E-state index contributed by atoms with van der Waals surface area (Å²) in [5.74, 6) is 1.30. The molecule has 0 atom stereocenters. The first-order valence-electron chi connectivity index (χ1n) is 8.89. The van der Waals surface area contributed by atoms with Crippen LogP contribution in [0.25, 0.3) is 11.6 Å².